The molecule has 106 valence electrons. The minimum atomic E-state index is -0.236. The lowest BCUT2D eigenvalue weighted by molar-refractivity contribution is 0.0767. The molecule has 3 aliphatic carbocycles. The van der Waals surface area contributed by atoms with Gasteiger partial charge in [-0.1, -0.05) is 54.2 Å². The molecule has 3 atom stereocenters. The van der Waals surface area contributed by atoms with Gasteiger partial charge >= 0.3 is 0 Å². The van der Waals surface area contributed by atoms with Gasteiger partial charge in [-0.3, -0.25) is 0 Å². The summed E-state index contributed by atoms with van der Waals surface area (Å²) in [5.41, 5.74) is 2.67. The van der Waals surface area contributed by atoms with Crippen molar-refractivity contribution in [2.75, 3.05) is 0 Å². The van der Waals surface area contributed by atoms with Gasteiger partial charge in [0.25, 0.3) is 0 Å². The summed E-state index contributed by atoms with van der Waals surface area (Å²) in [7, 11) is 0. The maximum absolute atomic E-state index is 10.4. The molecule has 0 bridgehead atoms. The second-order valence-corrected chi connectivity index (χ2v) is 6.35. The Kier molecular flexibility index (Phi) is 3.80. The van der Waals surface area contributed by atoms with Crippen LogP contribution in [0.2, 0.25) is 0 Å². The fourth-order valence-corrected chi connectivity index (χ4v) is 3.55. The van der Waals surface area contributed by atoms with Crippen LogP contribution in [-0.4, -0.2) is 11.2 Å². The van der Waals surface area contributed by atoms with Crippen LogP contribution in [-0.2, 0) is 0 Å². The third-order valence-electron chi connectivity index (χ3n) is 5.00. The third kappa shape index (κ3) is 2.47. The molecule has 0 aromatic heterocycles. The smallest absolute Gasteiger partial charge is 0.0668 e. The predicted octanol–water partition coefficient (Wildman–Crippen LogP) is 4.48. The van der Waals surface area contributed by atoms with Crippen LogP contribution in [0.25, 0.3) is 0 Å². The Morgan fingerprint density at radius 2 is 2.10 bits per heavy atom. The molecule has 0 heterocycles. The predicted molar refractivity (Wildman–Crippen MR) is 84.3 cm³/mol. The van der Waals surface area contributed by atoms with Crippen LogP contribution in [0.3, 0.4) is 0 Å². The van der Waals surface area contributed by atoms with E-state index in [4.69, 9.17) is 0 Å². The average molecular weight is 268 g/mol. The zero-order valence-corrected chi connectivity index (χ0v) is 12.3. The van der Waals surface area contributed by atoms with Crippen molar-refractivity contribution in [1.82, 2.24) is 0 Å². The molecule has 0 saturated heterocycles. The Balaban J connectivity index is 1.87. The summed E-state index contributed by atoms with van der Waals surface area (Å²) in [6, 6.07) is 0. The highest BCUT2D eigenvalue weighted by molar-refractivity contribution is 5.39. The average Bonchev–Trinajstić information content (AvgIpc) is 2.51. The van der Waals surface area contributed by atoms with Crippen LogP contribution in [0.15, 0.2) is 59.8 Å². The Hall–Kier alpha value is -1.34. The zero-order chi connectivity index (χ0) is 14.0. The Morgan fingerprint density at radius 1 is 1.20 bits per heavy atom. The van der Waals surface area contributed by atoms with Crippen molar-refractivity contribution in [3.8, 4) is 0 Å². The molecule has 20 heavy (non-hydrogen) atoms. The molecule has 0 aromatic carbocycles. The Bertz CT molecular complexity index is 518. The zero-order valence-electron chi connectivity index (χ0n) is 12.3. The first-order valence-electron chi connectivity index (χ1n) is 7.80. The molecule has 0 aromatic rings. The minimum absolute atomic E-state index is 0.161. The minimum Gasteiger partial charge on any atom is -0.392 e. The van der Waals surface area contributed by atoms with Gasteiger partial charge in [0.15, 0.2) is 0 Å². The number of aliphatic hydroxyl groups is 1. The van der Waals surface area contributed by atoms with Crippen LogP contribution in [0.4, 0.5) is 0 Å². The van der Waals surface area contributed by atoms with Gasteiger partial charge in [0.2, 0.25) is 0 Å². The van der Waals surface area contributed by atoms with E-state index in [2.05, 4.69) is 55.5 Å². The standard InChI is InChI=1S/C19H24O/c1-19(13-6-5-12-18(19)20)17-11-7-10-16(14-17)15-8-3-2-4-9-15/h2-4,6,8,10,13-15,18,20H,5,7,9,11-12H2,1H3. The van der Waals surface area contributed by atoms with Crippen molar-refractivity contribution in [1.29, 1.82) is 0 Å². The highest BCUT2D eigenvalue weighted by Crippen LogP contribution is 2.43. The van der Waals surface area contributed by atoms with E-state index in [1.807, 2.05) is 0 Å². The SMILES string of the molecule is CC1(C2=CC(C3C=CC=CC3)=CCC2)C=CCCC1O. The quantitative estimate of drug-likeness (QED) is 0.732. The maximum Gasteiger partial charge on any atom is 0.0668 e. The summed E-state index contributed by atoms with van der Waals surface area (Å²) in [5, 5.41) is 10.4. The van der Waals surface area contributed by atoms with Gasteiger partial charge in [-0.2, -0.15) is 0 Å². The van der Waals surface area contributed by atoms with E-state index in [1.165, 1.54) is 11.1 Å². The van der Waals surface area contributed by atoms with Gasteiger partial charge in [-0.05, 0) is 44.6 Å². The maximum atomic E-state index is 10.4. The molecule has 3 unspecified atom stereocenters. The molecule has 0 spiro atoms. The highest BCUT2D eigenvalue weighted by atomic mass is 16.3. The molecule has 0 saturated carbocycles. The number of rotatable bonds is 2. The third-order valence-corrected chi connectivity index (χ3v) is 5.00. The largest absolute Gasteiger partial charge is 0.392 e. The summed E-state index contributed by atoms with van der Waals surface area (Å²) in [5.74, 6) is 0.517. The van der Waals surface area contributed by atoms with E-state index in [9.17, 15) is 5.11 Å². The van der Waals surface area contributed by atoms with Crippen molar-refractivity contribution in [2.24, 2.45) is 11.3 Å². The lowest BCUT2D eigenvalue weighted by Crippen LogP contribution is -2.35. The van der Waals surface area contributed by atoms with E-state index in [0.717, 1.165) is 32.1 Å². The van der Waals surface area contributed by atoms with Crippen LogP contribution in [0.5, 0.6) is 0 Å². The van der Waals surface area contributed by atoms with Crippen LogP contribution < -0.4 is 0 Å². The second-order valence-electron chi connectivity index (χ2n) is 6.35. The van der Waals surface area contributed by atoms with Gasteiger partial charge < -0.3 is 5.11 Å². The fraction of sp³-hybridized carbons (Fsp3) is 0.474. The van der Waals surface area contributed by atoms with Crippen LogP contribution >= 0.6 is 0 Å². The number of aliphatic hydroxyl groups excluding tert-OH is 1. The van der Waals surface area contributed by atoms with E-state index in [0.29, 0.717) is 5.92 Å². The van der Waals surface area contributed by atoms with Crippen molar-refractivity contribution in [2.45, 2.75) is 45.1 Å². The van der Waals surface area contributed by atoms with Gasteiger partial charge in [-0.15, -0.1) is 0 Å². The fourth-order valence-electron chi connectivity index (χ4n) is 3.55. The van der Waals surface area contributed by atoms with E-state index >= 15 is 0 Å². The first-order valence-corrected chi connectivity index (χ1v) is 7.80. The summed E-state index contributed by atoms with van der Waals surface area (Å²) in [4.78, 5) is 0. The molecule has 3 rings (SSSR count). The summed E-state index contributed by atoms with van der Waals surface area (Å²) >= 11 is 0. The first kappa shape index (κ1) is 13.6. The Labute approximate surface area is 122 Å². The van der Waals surface area contributed by atoms with Crippen molar-refractivity contribution < 1.29 is 5.11 Å². The molecule has 1 nitrogen and oxygen atoms in total. The first-order chi connectivity index (χ1) is 9.70. The van der Waals surface area contributed by atoms with Gasteiger partial charge in [0.1, 0.15) is 0 Å². The van der Waals surface area contributed by atoms with Gasteiger partial charge in [0.05, 0.1) is 6.10 Å². The molecular weight excluding hydrogens is 244 g/mol. The Morgan fingerprint density at radius 3 is 2.85 bits per heavy atom. The van der Waals surface area contributed by atoms with Crippen LogP contribution in [0, 0.1) is 11.3 Å². The molecule has 0 fully saturated rings. The monoisotopic (exact) mass is 268 g/mol. The molecule has 1 N–H and O–H groups in total. The van der Waals surface area contributed by atoms with Gasteiger partial charge in [0, 0.05) is 11.3 Å². The topological polar surface area (TPSA) is 20.2 Å². The number of allylic oxidation sites excluding steroid dienone is 8. The lowest BCUT2D eigenvalue weighted by atomic mass is 9.69. The summed E-state index contributed by atoms with van der Waals surface area (Å²) in [6.07, 6.45) is 22.9. The normalized spacial score (nSPS) is 36.7. The van der Waals surface area contributed by atoms with Crippen molar-refractivity contribution in [3.63, 3.8) is 0 Å². The van der Waals surface area contributed by atoms with E-state index < -0.39 is 0 Å². The molecular formula is C19H24O. The molecule has 0 amide bonds. The molecule has 0 aliphatic heterocycles. The highest BCUT2D eigenvalue weighted by Gasteiger charge is 2.36. The van der Waals surface area contributed by atoms with Gasteiger partial charge in [-0.25, -0.2) is 0 Å². The van der Waals surface area contributed by atoms with Crippen molar-refractivity contribution in [3.05, 3.63) is 59.8 Å². The lowest BCUT2D eigenvalue weighted by Gasteiger charge is -2.38. The van der Waals surface area contributed by atoms with Crippen molar-refractivity contribution >= 4 is 0 Å². The van der Waals surface area contributed by atoms with E-state index in [1.54, 1.807) is 0 Å². The number of hydrogen-bond donors (Lipinski definition) is 1. The molecule has 1 heteroatoms. The van der Waals surface area contributed by atoms with Crippen LogP contribution in [0.1, 0.15) is 39.0 Å². The molecule has 0 radical (unpaired) electrons. The van der Waals surface area contributed by atoms with E-state index in [-0.39, 0.29) is 11.5 Å². The summed E-state index contributed by atoms with van der Waals surface area (Å²) < 4.78 is 0. The molecule has 3 aliphatic rings. The second kappa shape index (κ2) is 5.57. The summed E-state index contributed by atoms with van der Waals surface area (Å²) in [6.45, 7) is 2.19. The number of hydrogen-bond acceptors (Lipinski definition) is 1.